The third-order valence-electron chi connectivity index (χ3n) is 1.03. The van der Waals surface area contributed by atoms with Gasteiger partial charge < -0.3 is 10.6 Å². The van der Waals surface area contributed by atoms with E-state index in [1.54, 1.807) is 0 Å². The van der Waals surface area contributed by atoms with Gasteiger partial charge >= 0.3 is 0 Å². The summed E-state index contributed by atoms with van der Waals surface area (Å²) >= 11 is 4.23. The van der Waals surface area contributed by atoms with Crippen LogP contribution in [0, 0.1) is 0 Å². The van der Waals surface area contributed by atoms with Gasteiger partial charge in [-0.2, -0.15) is 0 Å². The maximum absolute atomic E-state index is 5.25. The van der Waals surface area contributed by atoms with Crippen molar-refractivity contribution in [1.82, 2.24) is 4.90 Å². The lowest BCUT2D eigenvalue weighted by atomic mass is 10.4. The number of nitrogens with zero attached hydrogens (tertiary/aromatic N) is 2. The van der Waals surface area contributed by atoms with Crippen LogP contribution >= 0.6 is 12.2 Å². The first-order valence-corrected chi connectivity index (χ1v) is 4.48. The van der Waals surface area contributed by atoms with Crippen LogP contribution in [0.3, 0.4) is 0 Å². The van der Waals surface area contributed by atoms with E-state index in [4.69, 9.17) is 5.73 Å². The van der Waals surface area contributed by atoms with Crippen LogP contribution in [0.25, 0.3) is 0 Å². The Labute approximate surface area is 80.7 Å². The van der Waals surface area contributed by atoms with Gasteiger partial charge in [-0.25, -0.2) is 4.99 Å². The van der Waals surface area contributed by atoms with Gasteiger partial charge in [-0.3, -0.25) is 0 Å². The van der Waals surface area contributed by atoms with Crippen LogP contribution in [0.1, 0.15) is 13.3 Å². The van der Waals surface area contributed by atoms with E-state index in [2.05, 4.69) is 41.4 Å². The molecule has 0 aromatic heterocycles. The molecular formula is C8H19N3S. The standard InChI is InChI=1S/C5H14N2.C3H5NS/c1-7(2)5-3-4-6;1-2-4-3-5/h3-6H2,1-2H3;2H2,1H3. The highest BCUT2D eigenvalue weighted by Gasteiger charge is 1.83. The fourth-order valence-corrected chi connectivity index (χ4v) is 0.601. The normalized spacial score (nSPS) is 8.42. The molecule has 0 fully saturated rings. The Morgan fingerprint density at radius 1 is 1.50 bits per heavy atom. The fourth-order valence-electron chi connectivity index (χ4n) is 0.472. The number of thiocarbonyl (C=S) groups is 1. The summed E-state index contributed by atoms with van der Waals surface area (Å²) in [6.45, 7) is 4.58. The number of nitrogens with two attached hydrogens (primary N) is 1. The largest absolute Gasteiger partial charge is 0.330 e. The van der Waals surface area contributed by atoms with Gasteiger partial charge in [0, 0.05) is 6.54 Å². The van der Waals surface area contributed by atoms with E-state index in [0.717, 1.165) is 26.1 Å². The molecule has 0 saturated heterocycles. The summed E-state index contributed by atoms with van der Waals surface area (Å²) < 4.78 is 0. The van der Waals surface area contributed by atoms with Crippen molar-refractivity contribution in [1.29, 1.82) is 0 Å². The first kappa shape index (κ1) is 14.3. The first-order chi connectivity index (χ1) is 5.68. The molecule has 0 aliphatic carbocycles. The zero-order valence-electron chi connectivity index (χ0n) is 8.21. The van der Waals surface area contributed by atoms with Crippen molar-refractivity contribution < 1.29 is 0 Å². The summed E-state index contributed by atoms with van der Waals surface area (Å²) in [4.78, 5) is 5.67. The Bertz CT molecular complexity index is 119. The third kappa shape index (κ3) is 22.6. The van der Waals surface area contributed by atoms with Gasteiger partial charge in [0.05, 0.1) is 5.16 Å². The summed E-state index contributed by atoms with van der Waals surface area (Å²) in [5.74, 6) is 0. The highest BCUT2D eigenvalue weighted by molar-refractivity contribution is 7.78. The van der Waals surface area contributed by atoms with E-state index >= 15 is 0 Å². The van der Waals surface area contributed by atoms with Gasteiger partial charge in [-0.1, -0.05) is 0 Å². The predicted molar refractivity (Wildman–Crippen MR) is 57.8 cm³/mol. The molecule has 0 aromatic rings. The molecule has 0 saturated carbocycles. The molecule has 3 nitrogen and oxygen atoms in total. The second-order valence-corrected chi connectivity index (χ2v) is 2.69. The van der Waals surface area contributed by atoms with E-state index in [0.29, 0.717) is 0 Å². The lowest BCUT2D eigenvalue weighted by molar-refractivity contribution is 0.403. The van der Waals surface area contributed by atoms with E-state index in [-0.39, 0.29) is 0 Å². The molecule has 0 aliphatic rings. The number of hydrogen-bond acceptors (Lipinski definition) is 4. The van der Waals surface area contributed by atoms with Crippen LogP contribution in [-0.4, -0.2) is 43.8 Å². The lowest BCUT2D eigenvalue weighted by Crippen LogP contribution is -2.16. The summed E-state index contributed by atoms with van der Waals surface area (Å²) in [5.41, 5.74) is 5.25. The monoisotopic (exact) mass is 189 g/mol. The number of aliphatic imine (C=N–C) groups is 1. The molecule has 0 aromatic carbocycles. The summed E-state index contributed by atoms with van der Waals surface area (Å²) in [6, 6.07) is 0. The van der Waals surface area contributed by atoms with E-state index in [1.165, 1.54) is 0 Å². The molecule has 0 amide bonds. The second-order valence-electron chi connectivity index (χ2n) is 2.51. The Morgan fingerprint density at radius 2 is 2.08 bits per heavy atom. The highest BCUT2D eigenvalue weighted by atomic mass is 32.1. The average molecular weight is 189 g/mol. The van der Waals surface area contributed by atoms with Crippen molar-refractivity contribution in [2.75, 3.05) is 33.7 Å². The zero-order valence-corrected chi connectivity index (χ0v) is 9.02. The Hall–Kier alpha value is -0.280. The maximum Gasteiger partial charge on any atom is 0.0584 e. The van der Waals surface area contributed by atoms with Crippen LogP contribution in [0.2, 0.25) is 0 Å². The Balaban J connectivity index is 0. The lowest BCUT2D eigenvalue weighted by Gasteiger charge is -2.05. The molecule has 0 heterocycles. The van der Waals surface area contributed by atoms with E-state index < -0.39 is 0 Å². The fraction of sp³-hybridized carbons (Fsp3) is 0.875. The summed E-state index contributed by atoms with van der Waals surface area (Å²) in [5, 5.41) is 2.23. The molecule has 0 spiro atoms. The number of hydrogen-bond donors (Lipinski definition) is 1. The number of isothiocyanates is 1. The molecular weight excluding hydrogens is 170 g/mol. The Morgan fingerprint density at radius 3 is 2.17 bits per heavy atom. The molecule has 0 aliphatic heterocycles. The maximum atomic E-state index is 5.25. The molecule has 72 valence electrons. The van der Waals surface area contributed by atoms with Gasteiger partial charge in [0.15, 0.2) is 0 Å². The van der Waals surface area contributed by atoms with Gasteiger partial charge in [0.1, 0.15) is 0 Å². The van der Waals surface area contributed by atoms with Crippen LogP contribution in [-0.2, 0) is 0 Å². The minimum absolute atomic E-state index is 0.753. The van der Waals surface area contributed by atoms with Gasteiger partial charge in [-0.05, 0) is 52.7 Å². The third-order valence-corrected chi connectivity index (χ3v) is 1.16. The van der Waals surface area contributed by atoms with Crippen molar-refractivity contribution in [2.45, 2.75) is 13.3 Å². The minimum atomic E-state index is 0.753. The van der Waals surface area contributed by atoms with Crippen LogP contribution in [0.15, 0.2) is 4.99 Å². The van der Waals surface area contributed by atoms with Gasteiger partial charge in [0.25, 0.3) is 0 Å². The summed E-state index contributed by atoms with van der Waals surface area (Å²) in [6.07, 6.45) is 1.10. The Kier molecular flexibility index (Phi) is 15.8. The van der Waals surface area contributed by atoms with Crippen LogP contribution in [0.5, 0.6) is 0 Å². The van der Waals surface area contributed by atoms with Gasteiger partial charge in [-0.15, -0.1) is 0 Å². The molecule has 0 atom stereocenters. The minimum Gasteiger partial charge on any atom is -0.330 e. The second kappa shape index (κ2) is 13.3. The quantitative estimate of drug-likeness (QED) is 0.530. The average Bonchev–Trinajstić information content (AvgIpc) is 2.03. The SMILES string of the molecule is CCN=C=S.CN(C)CCCN. The van der Waals surface area contributed by atoms with Crippen molar-refractivity contribution >= 4 is 17.4 Å². The van der Waals surface area contributed by atoms with Crippen molar-refractivity contribution in [3.63, 3.8) is 0 Å². The molecule has 0 radical (unpaired) electrons. The van der Waals surface area contributed by atoms with Crippen molar-refractivity contribution in [3.05, 3.63) is 0 Å². The molecule has 0 rings (SSSR count). The topological polar surface area (TPSA) is 41.6 Å². The van der Waals surface area contributed by atoms with Crippen LogP contribution < -0.4 is 5.73 Å². The highest BCUT2D eigenvalue weighted by Crippen LogP contribution is 1.76. The predicted octanol–water partition coefficient (Wildman–Crippen LogP) is 1.01. The molecule has 12 heavy (non-hydrogen) atoms. The van der Waals surface area contributed by atoms with Crippen molar-refractivity contribution in [2.24, 2.45) is 10.7 Å². The molecule has 0 unspecified atom stereocenters. The van der Waals surface area contributed by atoms with E-state index in [9.17, 15) is 0 Å². The molecule has 2 N–H and O–H groups in total. The molecule has 0 bridgehead atoms. The van der Waals surface area contributed by atoms with Crippen molar-refractivity contribution in [3.8, 4) is 0 Å². The van der Waals surface area contributed by atoms with Gasteiger partial charge in [0.2, 0.25) is 0 Å². The van der Waals surface area contributed by atoms with E-state index in [1.807, 2.05) is 6.92 Å². The number of rotatable bonds is 4. The smallest absolute Gasteiger partial charge is 0.0584 e. The summed E-state index contributed by atoms with van der Waals surface area (Å²) in [7, 11) is 4.10. The first-order valence-electron chi connectivity index (χ1n) is 4.07. The zero-order chi connectivity index (χ0) is 9.82. The van der Waals surface area contributed by atoms with Crippen LogP contribution in [0.4, 0.5) is 0 Å². The molecule has 4 heteroatoms.